The van der Waals surface area contributed by atoms with E-state index in [1.807, 2.05) is 6.92 Å². The van der Waals surface area contributed by atoms with Crippen molar-refractivity contribution in [1.29, 1.82) is 0 Å². The van der Waals surface area contributed by atoms with Gasteiger partial charge in [-0.2, -0.15) is 13.2 Å². The topological polar surface area (TPSA) is 24.9 Å². The van der Waals surface area contributed by atoms with E-state index in [1.54, 1.807) is 0 Å². The standard InChI is InChI=1S/C12H17F3N2S/c1-2-9-10(7-16-8-3-4-8)18-11(17-9)5-6-12(13,14)15/h8,16H,2-7H2,1H3. The Morgan fingerprint density at radius 3 is 2.67 bits per heavy atom. The first-order chi connectivity index (χ1) is 8.48. The average molecular weight is 278 g/mol. The number of aromatic nitrogens is 1. The third kappa shape index (κ3) is 4.24. The molecule has 0 spiro atoms. The summed E-state index contributed by atoms with van der Waals surface area (Å²) < 4.78 is 36.5. The highest BCUT2D eigenvalue weighted by Gasteiger charge is 2.27. The number of hydrogen-bond acceptors (Lipinski definition) is 3. The van der Waals surface area contributed by atoms with Gasteiger partial charge < -0.3 is 5.32 Å². The fourth-order valence-corrected chi connectivity index (χ4v) is 2.84. The van der Waals surface area contributed by atoms with Crippen LogP contribution in [0.5, 0.6) is 0 Å². The zero-order chi connectivity index (χ0) is 13.2. The third-order valence-corrected chi connectivity index (χ3v) is 4.07. The van der Waals surface area contributed by atoms with Crippen LogP contribution in [-0.2, 0) is 19.4 Å². The minimum atomic E-state index is -4.09. The summed E-state index contributed by atoms with van der Waals surface area (Å²) in [4.78, 5) is 5.41. The van der Waals surface area contributed by atoms with Crippen molar-refractivity contribution < 1.29 is 13.2 Å². The van der Waals surface area contributed by atoms with Gasteiger partial charge in [-0.3, -0.25) is 0 Å². The number of nitrogens with one attached hydrogen (secondary N) is 1. The summed E-state index contributed by atoms with van der Waals surface area (Å²) in [6.07, 6.45) is -1.67. The molecule has 1 saturated carbocycles. The van der Waals surface area contributed by atoms with Crippen LogP contribution in [0, 0.1) is 0 Å². The molecule has 1 aromatic rings. The molecular formula is C12H17F3N2S. The minimum absolute atomic E-state index is 0.00456. The molecule has 0 aromatic carbocycles. The van der Waals surface area contributed by atoms with Gasteiger partial charge in [0, 0.05) is 30.3 Å². The van der Waals surface area contributed by atoms with Gasteiger partial charge in [0.2, 0.25) is 0 Å². The number of nitrogens with zero attached hydrogens (tertiary/aromatic N) is 1. The van der Waals surface area contributed by atoms with Crippen LogP contribution in [0.3, 0.4) is 0 Å². The lowest BCUT2D eigenvalue weighted by Gasteiger charge is -2.02. The van der Waals surface area contributed by atoms with E-state index in [1.165, 1.54) is 24.2 Å². The summed E-state index contributed by atoms with van der Waals surface area (Å²) in [7, 11) is 0. The van der Waals surface area contributed by atoms with E-state index in [9.17, 15) is 13.2 Å². The van der Waals surface area contributed by atoms with Gasteiger partial charge in [0.25, 0.3) is 0 Å². The van der Waals surface area contributed by atoms with Crippen molar-refractivity contribution in [2.45, 2.75) is 57.8 Å². The monoisotopic (exact) mass is 278 g/mol. The molecule has 1 aromatic heterocycles. The Kier molecular flexibility index (Phi) is 4.27. The van der Waals surface area contributed by atoms with E-state index in [0.29, 0.717) is 11.0 Å². The third-order valence-electron chi connectivity index (χ3n) is 2.91. The predicted octanol–water partition coefficient (Wildman–Crippen LogP) is 3.45. The maximum absolute atomic E-state index is 12.2. The van der Waals surface area contributed by atoms with Gasteiger partial charge in [-0.15, -0.1) is 11.3 Å². The first-order valence-corrected chi connectivity index (χ1v) is 7.07. The smallest absolute Gasteiger partial charge is 0.309 e. The normalized spacial score (nSPS) is 16.2. The molecule has 1 fully saturated rings. The molecule has 6 heteroatoms. The van der Waals surface area contributed by atoms with E-state index in [-0.39, 0.29) is 6.42 Å². The van der Waals surface area contributed by atoms with Gasteiger partial charge in [-0.25, -0.2) is 4.98 Å². The van der Waals surface area contributed by atoms with E-state index >= 15 is 0 Å². The molecule has 1 aliphatic carbocycles. The molecular weight excluding hydrogens is 261 g/mol. The Hall–Kier alpha value is -0.620. The number of aryl methyl sites for hydroxylation is 2. The molecule has 2 nitrogen and oxygen atoms in total. The molecule has 1 heterocycles. The van der Waals surface area contributed by atoms with Crippen LogP contribution in [0.4, 0.5) is 13.2 Å². The van der Waals surface area contributed by atoms with Crippen LogP contribution in [-0.4, -0.2) is 17.2 Å². The largest absolute Gasteiger partial charge is 0.389 e. The molecule has 0 radical (unpaired) electrons. The highest BCUT2D eigenvalue weighted by Crippen LogP contribution is 2.27. The number of rotatable bonds is 6. The second-order valence-corrected chi connectivity index (χ2v) is 5.77. The van der Waals surface area contributed by atoms with Crippen LogP contribution in [0.25, 0.3) is 0 Å². The minimum Gasteiger partial charge on any atom is -0.309 e. The quantitative estimate of drug-likeness (QED) is 0.862. The van der Waals surface area contributed by atoms with Crippen LogP contribution >= 0.6 is 11.3 Å². The van der Waals surface area contributed by atoms with E-state index in [0.717, 1.165) is 23.5 Å². The van der Waals surface area contributed by atoms with Crippen molar-refractivity contribution >= 4 is 11.3 Å². The van der Waals surface area contributed by atoms with E-state index in [2.05, 4.69) is 10.3 Å². The van der Waals surface area contributed by atoms with Crippen LogP contribution < -0.4 is 5.32 Å². The summed E-state index contributed by atoms with van der Waals surface area (Å²) in [6.45, 7) is 2.74. The van der Waals surface area contributed by atoms with Crippen LogP contribution in [0.1, 0.15) is 41.8 Å². The molecule has 0 atom stereocenters. The second kappa shape index (κ2) is 5.57. The van der Waals surface area contributed by atoms with Crippen LogP contribution in [0.15, 0.2) is 0 Å². The Balaban J connectivity index is 1.93. The second-order valence-electron chi connectivity index (χ2n) is 4.60. The van der Waals surface area contributed by atoms with Crippen molar-refractivity contribution in [1.82, 2.24) is 10.3 Å². The zero-order valence-electron chi connectivity index (χ0n) is 10.3. The highest BCUT2D eigenvalue weighted by atomic mass is 32.1. The van der Waals surface area contributed by atoms with Gasteiger partial charge in [0.1, 0.15) is 0 Å². The van der Waals surface area contributed by atoms with Crippen molar-refractivity contribution in [2.75, 3.05) is 0 Å². The summed E-state index contributed by atoms with van der Waals surface area (Å²) in [5, 5.41) is 3.99. The summed E-state index contributed by atoms with van der Waals surface area (Å²) in [6, 6.07) is 0.607. The lowest BCUT2D eigenvalue weighted by atomic mass is 10.3. The highest BCUT2D eigenvalue weighted by molar-refractivity contribution is 7.11. The molecule has 18 heavy (non-hydrogen) atoms. The Morgan fingerprint density at radius 1 is 1.39 bits per heavy atom. The predicted molar refractivity (Wildman–Crippen MR) is 65.7 cm³/mol. The fourth-order valence-electron chi connectivity index (χ4n) is 1.73. The van der Waals surface area contributed by atoms with E-state index < -0.39 is 12.6 Å². The molecule has 0 unspecified atom stereocenters. The van der Waals surface area contributed by atoms with Crippen molar-refractivity contribution in [3.05, 3.63) is 15.6 Å². The molecule has 2 rings (SSSR count). The number of thiazole rings is 1. The van der Waals surface area contributed by atoms with Crippen molar-refractivity contribution in [2.24, 2.45) is 0 Å². The lowest BCUT2D eigenvalue weighted by Crippen LogP contribution is -2.15. The lowest BCUT2D eigenvalue weighted by molar-refractivity contribution is -0.134. The summed E-state index contributed by atoms with van der Waals surface area (Å²) in [5.41, 5.74) is 0.949. The Bertz CT molecular complexity index is 397. The van der Waals surface area contributed by atoms with Gasteiger partial charge in [0.05, 0.1) is 10.7 Å². The maximum Gasteiger partial charge on any atom is 0.389 e. The van der Waals surface area contributed by atoms with Gasteiger partial charge in [-0.05, 0) is 19.3 Å². The molecule has 1 N–H and O–H groups in total. The number of hydrogen-bond donors (Lipinski definition) is 1. The molecule has 0 aliphatic heterocycles. The summed E-state index contributed by atoms with van der Waals surface area (Å²) >= 11 is 1.42. The molecule has 0 amide bonds. The maximum atomic E-state index is 12.2. The summed E-state index contributed by atoms with van der Waals surface area (Å²) in [5.74, 6) is 0. The van der Waals surface area contributed by atoms with Gasteiger partial charge in [-0.1, -0.05) is 6.92 Å². The molecule has 0 saturated heterocycles. The zero-order valence-corrected chi connectivity index (χ0v) is 11.1. The van der Waals surface area contributed by atoms with E-state index in [4.69, 9.17) is 0 Å². The molecule has 1 aliphatic rings. The Labute approximate surface area is 109 Å². The van der Waals surface area contributed by atoms with Gasteiger partial charge in [0.15, 0.2) is 0 Å². The van der Waals surface area contributed by atoms with Crippen molar-refractivity contribution in [3.8, 4) is 0 Å². The molecule has 102 valence electrons. The number of alkyl halides is 3. The fraction of sp³-hybridized carbons (Fsp3) is 0.750. The first kappa shape index (κ1) is 13.8. The first-order valence-electron chi connectivity index (χ1n) is 6.25. The Morgan fingerprint density at radius 2 is 2.11 bits per heavy atom. The number of halogens is 3. The van der Waals surface area contributed by atoms with Gasteiger partial charge >= 0.3 is 6.18 Å². The van der Waals surface area contributed by atoms with Crippen molar-refractivity contribution in [3.63, 3.8) is 0 Å². The SMILES string of the molecule is CCc1nc(CCC(F)(F)F)sc1CNC1CC1. The molecule has 0 bridgehead atoms. The average Bonchev–Trinajstić information content (AvgIpc) is 3.03. The van der Waals surface area contributed by atoms with Crippen LogP contribution in [0.2, 0.25) is 0 Å².